The van der Waals surface area contributed by atoms with E-state index in [0.29, 0.717) is 37.9 Å². The second-order valence-corrected chi connectivity index (χ2v) is 9.18. The summed E-state index contributed by atoms with van der Waals surface area (Å²) in [7, 11) is 1.62. The number of ether oxygens (including phenoxy) is 1. The molecule has 1 aromatic carbocycles. The Hall–Kier alpha value is -2.08. The minimum Gasteiger partial charge on any atom is -0.497 e. The Bertz CT molecular complexity index is 756. The molecule has 0 aromatic heterocycles. The number of rotatable bonds is 8. The van der Waals surface area contributed by atoms with Gasteiger partial charge >= 0.3 is 6.03 Å². The Morgan fingerprint density at radius 2 is 1.83 bits per heavy atom. The molecule has 30 heavy (non-hydrogen) atoms. The third-order valence-corrected chi connectivity index (χ3v) is 6.87. The predicted molar refractivity (Wildman–Crippen MR) is 118 cm³/mol. The maximum Gasteiger partial charge on any atom is 0.327 e. The zero-order valence-corrected chi connectivity index (χ0v) is 19.2. The molecule has 0 aliphatic carbocycles. The molecule has 1 spiro atoms. The highest BCUT2D eigenvalue weighted by Crippen LogP contribution is 2.39. The minimum atomic E-state index is -0.686. The molecule has 2 fully saturated rings. The largest absolute Gasteiger partial charge is 0.497 e. The monoisotopic (exact) mass is 415 g/mol. The zero-order chi connectivity index (χ0) is 21.9. The summed E-state index contributed by atoms with van der Waals surface area (Å²) in [6, 6.07) is 7.98. The summed E-state index contributed by atoms with van der Waals surface area (Å²) in [5.41, 5.74) is 0.225. The number of amides is 3. The average molecular weight is 416 g/mol. The summed E-state index contributed by atoms with van der Waals surface area (Å²) >= 11 is 0. The zero-order valence-electron chi connectivity index (χ0n) is 19.2. The number of methoxy groups -OCH3 is 1. The lowest BCUT2D eigenvalue weighted by Gasteiger charge is -2.44. The van der Waals surface area contributed by atoms with Crippen molar-refractivity contribution in [1.29, 1.82) is 0 Å². The number of nitrogens with zero attached hydrogens (tertiary/aromatic N) is 3. The number of piperidine rings is 1. The van der Waals surface area contributed by atoms with Gasteiger partial charge in [-0.15, -0.1) is 0 Å². The number of carbonyl (C=O) groups is 2. The first-order valence-corrected chi connectivity index (χ1v) is 11.3. The first-order valence-electron chi connectivity index (χ1n) is 11.3. The average Bonchev–Trinajstić information content (AvgIpc) is 2.93. The van der Waals surface area contributed by atoms with E-state index in [-0.39, 0.29) is 11.9 Å². The van der Waals surface area contributed by atoms with E-state index < -0.39 is 5.54 Å². The van der Waals surface area contributed by atoms with Gasteiger partial charge in [-0.3, -0.25) is 9.69 Å². The molecule has 1 aromatic rings. The van der Waals surface area contributed by atoms with E-state index in [1.807, 2.05) is 29.2 Å². The third-order valence-electron chi connectivity index (χ3n) is 6.87. The van der Waals surface area contributed by atoms with Gasteiger partial charge in [0.2, 0.25) is 0 Å². The number of likely N-dealkylation sites (tertiary alicyclic amines) is 1. The normalized spacial score (nSPS) is 20.5. The van der Waals surface area contributed by atoms with Gasteiger partial charge in [-0.05, 0) is 56.2 Å². The molecule has 1 atom stereocenters. The topological polar surface area (TPSA) is 53.1 Å². The van der Waals surface area contributed by atoms with Crippen LogP contribution in [0.2, 0.25) is 0 Å². The molecule has 2 heterocycles. The number of imide groups is 1. The Kier molecular flexibility index (Phi) is 7.06. The van der Waals surface area contributed by atoms with Gasteiger partial charge in [0.1, 0.15) is 11.3 Å². The number of carbonyl (C=O) groups excluding carboxylic acids is 2. The van der Waals surface area contributed by atoms with Crippen molar-refractivity contribution in [2.45, 2.75) is 71.5 Å². The van der Waals surface area contributed by atoms with Crippen LogP contribution in [0.25, 0.3) is 0 Å². The summed E-state index contributed by atoms with van der Waals surface area (Å²) < 4.78 is 5.31. The molecule has 3 amide bonds. The lowest BCUT2D eigenvalue weighted by atomic mass is 9.84. The van der Waals surface area contributed by atoms with Crippen molar-refractivity contribution in [3.05, 3.63) is 29.8 Å². The standard InChI is InChI=1S/C24H37N3O3/c1-6-19(4)25-14-11-24(12-15-25)22(28)26(23(29)27(24)13-10-18(2)3)17-20-8-7-9-21(16-20)30-5/h7-9,16,18-19H,6,10-15,17H2,1-5H3/t19-/m0/s1. The molecule has 3 rings (SSSR count). The molecule has 0 N–H and O–H groups in total. The first-order chi connectivity index (χ1) is 14.3. The predicted octanol–water partition coefficient (Wildman–Crippen LogP) is 4.14. The fraction of sp³-hybridized carbons (Fsp3) is 0.667. The van der Waals surface area contributed by atoms with Gasteiger partial charge < -0.3 is 14.5 Å². The number of hydrogen-bond acceptors (Lipinski definition) is 4. The van der Waals surface area contributed by atoms with Crippen LogP contribution >= 0.6 is 0 Å². The van der Waals surface area contributed by atoms with Crippen molar-refractivity contribution < 1.29 is 14.3 Å². The molecule has 2 aliphatic heterocycles. The van der Waals surface area contributed by atoms with Crippen LogP contribution in [0.1, 0.15) is 58.9 Å². The van der Waals surface area contributed by atoms with Crippen LogP contribution in [-0.2, 0) is 11.3 Å². The number of benzene rings is 1. The molecular weight excluding hydrogens is 378 g/mol. The van der Waals surface area contributed by atoms with Gasteiger partial charge in [0, 0.05) is 25.7 Å². The van der Waals surface area contributed by atoms with E-state index in [1.165, 1.54) is 4.90 Å². The van der Waals surface area contributed by atoms with E-state index in [1.54, 1.807) is 7.11 Å². The van der Waals surface area contributed by atoms with Crippen molar-refractivity contribution in [3.63, 3.8) is 0 Å². The van der Waals surface area contributed by atoms with Crippen LogP contribution < -0.4 is 4.74 Å². The molecule has 0 unspecified atom stereocenters. The third kappa shape index (κ3) is 4.34. The molecule has 6 heteroatoms. The second kappa shape index (κ2) is 9.38. The Labute approximate surface area is 181 Å². The summed E-state index contributed by atoms with van der Waals surface area (Å²) in [5, 5.41) is 0. The minimum absolute atomic E-state index is 0.0251. The second-order valence-electron chi connectivity index (χ2n) is 9.18. The summed E-state index contributed by atoms with van der Waals surface area (Å²) in [6.07, 6.45) is 3.44. The molecule has 2 saturated heterocycles. The summed E-state index contributed by atoms with van der Waals surface area (Å²) in [6.45, 7) is 11.4. The molecule has 6 nitrogen and oxygen atoms in total. The van der Waals surface area contributed by atoms with Gasteiger partial charge in [-0.2, -0.15) is 0 Å². The SMILES string of the molecule is CC[C@H](C)N1CCC2(CC1)C(=O)N(Cc1cccc(OC)c1)C(=O)N2CCC(C)C. The molecule has 166 valence electrons. The molecule has 0 radical (unpaired) electrons. The Balaban J connectivity index is 1.84. The van der Waals surface area contributed by atoms with E-state index in [4.69, 9.17) is 4.74 Å². The van der Waals surface area contributed by atoms with Gasteiger partial charge in [0.15, 0.2) is 0 Å². The quantitative estimate of drug-likeness (QED) is 0.599. The maximum atomic E-state index is 13.7. The van der Waals surface area contributed by atoms with Crippen LogP contribution in [0.5, 0.6) is 5.75 Å². The van der Waals surface area contributed by atoms with Crippen LogP contribution in [0.3, 0.4) is 0 Å². The molecule has 2 aliphatic rings. The van der Waals surface area contributed by atoms with Crippen molar-refractivity contribution in [3.8, 4) is 5.75 Å². The highest BCUT2D eigenvalue weighted by molar-refractivity contribution is 6.07. The van der Waals surface area contributed by atoms with Gasteiger partial charge in [0.05, 0.1) is 13.7 Å². The van der Waals surface area contributed by atoms with Crippen LogP contribution in [-0.4, -0.2) is 65.0 Å². The van der Waals surface area contributed by atoms with Gasteiger partial charge in [-0.1, -0.05) is 32.9 Å². The Morgan fingerprint density at radius 3 is 2.43 bits per heavy atom. The van der Waals surface area contributed by atoms with Gasteiger partial charge in [-0.25, -0.2) is 4.79 Å². The lowest BCUT2D eigenvalue weighted by Crippen LogP contribution is -2.57. The summed E-state index contributed by atoms with van der Waals surface area (Å²) in [4.78, 5) is 32.9. The van der Waals surface area contributed by atoms with Crippen molar-refractivity contribution in [1.82, 2.24) is 14.7 Å². The Morgan fingerprint density at radius 1 is 1.13 bits per heavy atom. The number of hydrogen-bond donors (Lipinski definition) is 0. The van der Waals surface area contributed by atoms with Crippen molar-refractivity contribution in [2.24, 2.45) is 5.92 Å². The maximum absolute atomic E-state index is 13.7. The van der Waals surface area contributed by atoms with E-state index >= 15 is 0 Å². The van der Waals surface area contributed by atoms with Crippen molar-refractivity contribution in [2.75, 3.05) is 26.7 Å². The molecular formula is C24H37N3O3. The number of urea groups is 1. The van der Waals surface area contributed by atoms with Crippen LogP contribution in [0.4, 0.5) is 4.79 Å². The lowest BCUT2D eigenvalue weighted by molar-refractivity contribution is -0.136. The smallest absolute Gasteiger partial charge is 0.327 e. The van der Waals surface area contributed by atoms with Crippen molar-refractivity contribution >= 4 is 11.9 Å². The van der Waals surface area contributed by atoms with Crippen LogP contribution in [0.15, 0.2) is 24.3 Å². The van der Waals surface area contributed by atoms with Crippen LogP contribution in [0, 0.1) is 5.92 Å². The highest BCUT2D eigenvalue weighted by atomic mass is 16.5. The first kappa shape index (κ1) is 22.6. The van der Waals surface area contributed by atoms with E-state index in [9.17, 15) is 9.59 Å². The van der Waals surface area contributed by atoms with Gasteiger partial charge in [0.25, 0.3) is 5.91 Å². The van der Waals surface area contributed by atoms with E-state index in [0.717, 1.165) is 37.2 Å². The van der Waals surface area contributed by atoms with E-state index in [2.05, 4.69) is 32.6 Å². The highest BCUT2D eigenvalue weighted by Gasteiger charge is 2.57. The molecule has 0 bridgehead atoms. The fourth-order valence-corrected chi connectivity index (χ4v) is 4.65. The fourth-order valence-electron chi connectivity index (χ4n) is 4.65. The summed E-state index contributed by atoms with van der Waals surface area (Å²) in [5.74, 6) is 1.19. The molecule has 0 saturated carbocycles.